The molecular formula is C16H19N3O2. The summed E-state index contributed by atoms with van der Waals surface area (Å²) in [7, 11) is 0. The smallest absolute Gasteiger partial charge is 0.316 e. The number of hydrogen-bond donors (Lipinski definition) is 4. The summed E-state index contributed by atoms with van der Waals surface area (Å²) in [6.07, 6.45) is 0.909. The molecule has 0 aromatic heterocycles. The molecule has 0 heterocycles. The minimum Gasteiger partial charge on any atom is -0.508 e. The Hall–Kier alpha value is -2.69. The molecule has 110 valence electrons. The number of benzene rings is 2. The van der Waals surface area contributed by atoms with Crippen LogP contribution >= 0.6 is 0 Å². The van der Waals surface area contributed by atoms with Gasteiger partial charge in [0.15, 0.2) is 0 Å². The number of nitrogens with one attached hydrogen (secondary N) is 2. The van der Waals surface area contributed by atoms with Crippen molar-refractivity contribution < 1.29 is 9.90 Å². The Labute approximate surface area is 123 Å². The number of carbonyl (C=O) groups is 1. The van der Waals surface area contributed by atoms with Crippen molar-refractivity contribution >= 4 is 17.4 Å². The Balaban J connectivity index is 2.07. The number of nitrogens with two attached hydrogens (primary N) is 1. The van der Waals surface area contributed by atoms with Crippen molar-refractivity contribution in [2.75, 3.05) is 10.6 Å². The molecule has 0 aliphatic carbocycles. The Kier molecular flexibility index (Phi) is 4.66. The number of primary amides is 1. The van der Waals surface area contributed by atoms with Crippen molar-refractivity contribution in [1.82, 2.24) is 0 Å². The van der Waals surface area contributed by atoms with E-state index in [4.69, 9.17) is 5.73 Å². The summed E-state index contributed by atoms with van der Waals surface area (Å²) in [5.41, 5.74) is 7.78. The molecule has 0 spiro atoms. The lowest BCUT2D eigenvalue weighted by Gasteiger charge is -2.19. The van der Waals surface area contributed by atoms with Gasteiger partial charge in [0.05, 0.1) is 6.04 Å². The first-order chi connectivity index (χ1) is 10.1. The largest absolute Gasteiger partial charge is 0.508 e. The van der Waals surface area contributed by atoms with E-state index in [9.17, 15) is 9.90 Å². The van der Waals surface area contributed by atoms with Gasteiger partial charge >= 0.3 is 6.03 Å². The fraction of sp³-hybridized carbons (Fsp3) is 0.188. The molecule has 0 aliphatic rings. The SMILES string of the molecule is CCC(Nc1ccc(NC(N)=O)cc1)c1ccc(O)cc1. The number of amides is 2. The Morgan fingerprint density at radius 1 is 1.10 bits per heavy atom. The van der Waals surface area contributed by atoms with Crippen LogP contribution in [0.5, 0.6) is 5.75 Å². The van der Waals surface area contributed by atoms with Crippen LogP contribution in [-0.2, 0) is 0 Å². The lowest BCUT2D eigenvalue weighted by molar-refractivity contribution is 0.259. The molecule has 2 amide bonds. The van der Waals surface area contributed by atoms with Crippen LogP contribution in [0, 0.1) is 0 Å². The van der Waals surface area contributed by atoms with Crippen LogP contribution in [0.25, 0.3) is 0 Å². The van der Waals surface area contributed by atoms with Crippen molar-refractivity contribution in [3.63, 3.8) is 0 Å². The minimum atomic E-state index is -0.578. The normalized spacial score (nSPS) is 11.7. The van der Waals surface area contributed by atoms with Gasteiger partial charge in [-0.2, -0.15) is 0 Å². The van der Waals surface area contributed by atoms with Gasteiger partial charge in [-0.15, -0.1) is 0 Å². The third-order valence-corrected chi connectivity index (χ3v) is 3.20. The van der Waals surface area contributed by atoms with Crippen LogP contribution in [-0.4, -0.2) is 11.1 Å². The number of rotatable bonds is 5. The maximum atomic E-state index is 10.8. The highest BCUT2D eigenvalue weighted by atomic mass is 16.3. The second kappa shape index (κ2) is 6.65. The zero-order valence-electron chi connectivity index (χ0n) is 11.8. The van der Waals surface area contributed by atoms with Crippen molar-refractivity contribution in [2.45, 2.75) is 19.4 Å². The standard InChI is InChI=1S/C16H19N3O2/c1-2-15(11-3-9-14(20)10-4-11)18-12-5-7-13(8-6-12)19-16(17)21/h3-10,15,18,20H,2H2,1H3,(H3,17,19,21). The topological polar surface area (TPSA) is 87.4 Å². The molecule has 5 nitrogen and oxygen atoms in total. The fourth-order valence-corrected chi connectivity index (χ4v) is 2.12. The van der Waals surface area contributed by atoms with E-state index in [1.165, 1.54) is 0 Å². The Morgan fingerprint density at radius 3 is 2.19 bits per heavy atom. The highest BCUT2D eigenvalue weighted by Crippen LogP contribution is 2.24. The van der Waals surface area contributed by atoms with E-state index in [1.807, 2.05) is 24.3 Å². The predicted molar refractivity (Wildman–Crippen MR) is 84.4 cm³/mol. The number of phenolic OH excluding ortho intramolecular Hbond substituents is 1. The van der Waals surface area contributed by atoms with Crippen LogP contribution < -0.4 is 16.4 Å². The molecule has 0 aliphatic heterocycles. The van der Waals surface area contributed by atoms with E-state index < -0.39 is 6.03 Å². The van der Waals surface area contributed by atoms with Crippen molar-refractivity contribution in [1.29, 1.82) is 0 Å². The summed E-state index contributed by atoms with van der Waals surface area (Å²) >= 11 is 0. The number of hydrogen-bond acceptors (Lipinski definition) is 3. The van der Waals surface area contributed by atoms with Crippen molar-refractivity contribution in [3.05, 3.63) is 54.1 Å². The van der Waals surface area contributed by atoms with Crippen LogP contribution in [0.1, 0.15) is 24.9 Å². The first-order valence-electron chi connectivity index (χ1n) is 6.80. The maximum Gasteiger partial charge on any atom is 0.316 e. The van der Waals surface area contributed by atoms with E-state index in [0.29, 0.717) is 5.69 Å². The lowest BCUT2D eigenvalue weighted by atomic mass is 10.0. The van der Waals surface area contributed by atoms with Gasteiger partial charge in [0.2, 0.25) is 0 Å². The van der Waals surface area contributed by atoms with Gasteiger partial charge in [0.1, 0.15) is 5.75 Å². The second-order valence-corrected chi connectivity index (χ2v) is 4.76. The summed E-state index contributed by atoms with van der Waals surface area (Å²) in [6, 6.07) is 14.1. The minimum absolute atomic E-state index is 0.153. The first kappa shape index (κ1) is 14.7. The van der Waals surface area contributed by atoms with Crippen molar-refractivity contribution in [3.8, 4) is 5.75 Å². The van der Waals surface area contributed by atoms with Crippen molar-refractivity contribution in [2.24, 2.45) is 5.73 Å². The molecule has 0 saturated carbocycles. The lowest BCUT2D eigenvalue weighted by Crippen LogP contribution is -2.19. The molecule has 0 bridgehead atoms. The average Bonchev–Trinajstić information content (AvgIpc) is 2.47. The van der Waals surface area contributed by atoms with Crippen LogP contribution in [0.3, 0.4) is 0 Å². The molecule has 2 aromatic carbocycles. The summed E-state index contributed by atoms with van der Waals surface area (Å²) in [4.78, 5) is 10.8. The average molecular weight is 285 g/mol. The zero-order valence-corrected chi connectivity index (χ0v) is 11.8. The molecule has 1 atom stereocenters. The maximum absolute atomic E-state index is 10.8. The first-order valence-corrected chi connectivity index (χ1v) is 6.80. The number of carbonyl (C=O) groups excluding carboxylic acids is 1. The van der Waals surface area contributed by atoms with E-state index >= 15 is 0 Å². The second-order valence-electron chi connectivity index (χ2n) is 4.76. The molecule has 0 saturated heterocycles. The molecule has 21 heavy (non-hydrogen) atoms. The summed E-state index contributed by atoms with van der Waals surface area (Å²) in [6.45, 7) is 2.09. The highest BCUT2D eigenvalue weighted by molar-refractivity contribution is 5.87. The predicted octanol–water partition coefficient (Wildman–Crippen LogP) is 3.45. The fourth-order valence-electron chi connectivity index (χ4n) is 2.12. The third kappa shape index (κ3) is 4.14. The molecule has 0 fully saturated rings. The summed E-state index contributed by atoms with van der Waals surface area (Å²) in [5.74, 6) is 0.260. The monoisotopic (exact) mass is 285 g/mol. The Morgan fingerprint density at radius 2 is 1.67 bits per heavy atom. The quantitative estimate of drug-likeness (QED) is 0.678. The molecule has 1 unspecified atom stereocenters. The zero-order chi connectivity index (χ0) is 15.2. The molecular weight excluding hydrogens is 266 g/mol. The molecule has 0 radical (unpaired) electrons. The van der Waals surface area contributed by atoms with Crippen LogP contribution in [0.15, 0.2) is 48.5 Å². The van der Waals surface area contributed by atoms with Gasteiger partial charge < -0.3 is 21.5 Å². The Bertz CT molecular complexity index is 594. The number of urea groups is 1. The molecule has 2 aromatic rings. The molecule has 5 heteroatoms. The van der Waals surface area contributed by atoms with E-state index in [1.54, 1.807) is 24.3 Å². The number of anilines is 2. The third-order valence-electron chi connectivity index (χ3n) is 3.20. The highest BCUT2D eigenvalue weighted by Gasteiger charge is 2.09. The van der Waals surface area contributed by atoms with E-state index in [0.717, 1.165) is 17.7 Å². The summed E-state index contributed by atoms with van der Waals surface area (Å²) < 4.78 is 0. The van der Waals surface area contributed by atoms with E-state index in [-0.39, 0.29) is 11.8 Å². The van der Waals surface area contributed by atoms with Gasteiger partial charge in [-0.1, -0.05) is 19.1 Å². The van der Waals surface area contributed by atoms with Gasteiger partial charge in [0, 0.05) is 11.4 Å². The summed E-state index contributed by atoms with van der Waals surface area (Å²) in [5, 5.41) is 15.3. The number of phenols is 1. The number of aromatic hydroxyl groups is 1. The van der Waals surface area contributed by atoms with Gasteiger partial charge in [-0.05, 0) is 48.4 Å². The van der Waals surface area contributed by atoms with Crippen LogP contribution in [0.2, 0.25) is 0 Å². The van der Waals surface area contributed by atoms with Gasteiger partial charge in [0.25, 0.3) is 0 Å². The van der Waals surface area contributed by atoms with Gasteiger partial charge in [-0.25, -0.2) is 4.79 Å². The van der Waals surface area contributed by atoms with E-state index in [2.05, 4.69) is 17.6 Å². The van der Waals surface area contributed by atoms with Crippen LogP contribution in [0.4, 0.5) is 16.2 Å². The van der Waals surface area contributed by atoms with Gasteiger partial charge in [-0.3, -0.25) is 0 Å². The molecule has 5 N–H and O–H groups in total. The molecule has 2 rings (SSSR count).